The Balaban J connectivity index is 1.19. The molecule has 0 aromatic heterocycles. The molecule has 1 saturated carbocycles. The third kappa shape index (κ3) is 4.48. The molecule has 6 nitrogen and oxygen atoms in total. The zero-order chi connectivity index (χ0) is 17.8. The molecule has 0 radical (unpaired) electrons. The average molecular weight is 361 g/mol. The van der Waals surface area contributed by atoms with Crippen LogP contribution in [0.1, 0.15) is 37.7 Å². The highest BCUT2D eigenvalue weighted by Crippen LogP contribution is 2.32. The standard InChI is InChI=1S/C20H29N3O3/c24-20(21-17-4-2-1-3-5-17)14-23-10-8-22(9-11-23)13-16-6-7-18-19(12-16)26-15-25-18/h6-7,12,17H,1-5,8-11,13-15H2,(H,21,24)/p+2. The third-order valence-electron chi connectivity index (χ3n) is 5.94. The Morgan fingerprint density at radius 2 is 1.73 bits per heavy atom. The van der Waals surface area contributed by atoms with Gasteiger partial charge >= 0.3 is 0 Å². The van der Waals surface area contributed by atoms with Crippen LogP contribution >= 0.6 is 0 Å². The van der Waals surface area contributed by atoms with Gasteiger partial charge in [-0.15, -0.1) is 0 Å². The number of carbonyl (C=O) groups is 1. The summed E-state index contributed by atoms with van der Waals surface area (Å²) < 4.78 is 10.8. The van der Waals surface area contributed by atoms with Crippen LogP contribution in [0.15, 0.2) is 18.2 Å². The van der Waals surface area contributed by atoms with Crippen molar-refractivity contribution in [1.82, 2.24) is 5.32 Å². The van der Waals surface area contributed by atoms with Gasteiger partial charge in [0.1, 0.15) is 32.7 Å². The van der Waals surface area contributed by atoms with Crippen molar-refractivity contribution >= 4 is 5.91 Å². The molecule has 0 spiro atoms. The maximum absolute atomic E-state index is 12.3. The van der Waals surface area contributed by atoms with E-state index in [9.17, 15) is 4.79 Å². The van der Waals surface area contributed by atoms with E-state index in [-0.39, 0.29) is 5.91 Å². The molecule has 3 aliphatic rings. The fourth-order valence-corrected chi connectivity index (χ4v) is 4.40. The monoisotopic (exact) mass is 361 g/mol. The van der Waals surface area contributed by atoms with E-state index in [1.807, 2.05) is 6.07 Å². The number of hydrogen-bond donors (Lipinski definition) is 3. The minimum Gasteiger partial charge on any atom is -0.454 e. The van der Waals surface area contributed by atoms with Crippen molar-refractivity contribution in [3.63, 3.8) is 0 Å². The average Bonchev–Trinajstić information content (AvgIpc) is 3.12. The number of hydrogen-bond acceptors (Lipinski definition) is 3. The Hall–Kier alpha value is -1.79. The topological polar surface area (TPSA) is 56.4 Å². The zero-order valence-corrected chi connectivity index (χ0v) is 15.5. The highest BCUT2D eigenvalue weighted by Gasteiger charge is 2.26. The minimum atomic E-state index is 0.242. The van der Waals surface area contributed by atoms with Gasteiger partial charge in [0.2, 0.25) is 6.79 Å². The summed E-state index contributed by atoms with van der Waals surface area (Å²) in [5, 5.41) is 3.25. The van der Waals surface area contributed by atoms with Crippen LogP contribution in [0.5, 0.6) is 11.5 Å². The number of benzene rings is 1. The summed E-state index contributed by atoms with van der Waals surface area (Å²) in [4.78, 5) is 15.3. The number of fused-ring (bicyclic) bond motifs is 1. The highest BCUT2D eigenvalue weighted by molar-refractivity contribution is 5.77. The molecular weight excluding hydrogens is 330 g/mol. The summed E-state index contributed by atoms with van der Waals surface area (Å²) in [6, 6.07) is 6.67. The molecule has 26 heavy (non-hydrogen) atoms. The number of piperazine rings is 1. The van der Waals surface area contributed by atoms with Crippen molar-refractivity contribution in [3.8, 4) is 11.5 Å². The minimum absolute atomic E-state index is 0.242. The molecule has 1 amide bonds. The second-order valence-corrected chi connectivity index (χ2v) is 7.94. The van der Waals surface area contributed by atoms with Crippen LogP contribution in [-0.4, -0.2) is 51.5 Å². The molecule has 0 bridgehead atoms. The van der Waals surface area contributed by atoms with Crippen molar-refractivity contribution in [2.75, 3.05) is 39.5 Å². The van der Waals surface area contributed by atoms with E-state index in [2.05, 4.69) is 17.4 Å². The lowest BCUT2D eigenvalue weighted by Crippen LogP contribution is -3.28. The van der Waals surface area contributed by atoms with E-state index < -0.39 is 0 Å². The van der Waals surface area contributed by atoms with Crippen LogP contribution < -0.4 is 24.6 Å². The van der Waals surface area contributed by atoms with E-state index in [4.69, 9.17) is 9.47 Å². The molecule has 4 rings (SSSR count). The van der Waals surface area contributed by atoms with Crippen molar-refractivity contribution in [2.24, 2.45) is 0 Å². The quantitative estimate of drug-likeness (QED) is 0.640. The van der Waals surface area contributed by atoms with Gasteiger partial charge in [0, 0.05) is 11.6 Å². The van der Waals surface area contributed by atoms with Crippen LogP contribution in [0.25, 0.3) is 0 Å². The highest BCUT2D eigenvalue weighted by atomic mass is 16.7. The molecular formula is C20H31N3O3+2. The van der Waals surface area contributed by atoms with Crippen LogP contribution in [0, 0.1) is 0 Å². The Labute approximate surface area is 155 Å². The maximum Gasteiger partial charge on any atom is 0.275 e. The molecule has 2 fully saturated rings. The molecule has 1 aliphatic carbocycles. The van der Waals surface area contributed by atoms with Gasteiger partial charge in [-0.2, -0.15) is 0 Å². The van der Waals surface area contributed by atoms with E-state index in [0.717, 1.165) is 57.1 Å². The molecule has 1 aromatic rings. The van der Waals surface area contributed by atoms with E-state index in [1.54, 1.807) is 4.90 Å². The van der Waals surface area contributed by atoms with Crippen molar-refractivity contribution in [3.05, 3.63) is 23.8 Å². The summed E-state index contributed by atoms with van der Waals surface area (Å²) in [5.74, 6) is 1.96. The van der Waals surface area contributed by atoms with Crippen LogP contribution in [0.2, 0.25) is 0 Å². The number of quaternary nitrogens is 2. The van der Waals surface area contributed by atoms with Gasteiger partial charge < -0.3 is 24.6 Å². The van der Waals surface area contributed by atoms with Crippen LogP contribution in [0.4, 0.5) is 0 Å². The number of ether oxygens (including phenoxy) is 2. The summed E-state index contributed by atoms with van der Waals surface area (Å²) in [6.07, 6.45) is 6.17. The predicted molar refractivity (Wildman–Crippen MR) is 97.5 cm³/mol. The number of carbonyl (C=O) groups excluding carboxylic acids is 1. The molecule has 2 heterocycles. The predicted octanol–water partition coefficient (Wildman–Crippen LogP) is -0.852. The van der Waals surface area contributed by atoms with E-state index in [0.29, 0.717) is 19.4 Å². The number of amides is 1. The maximum atomic E-state index is 12.3. The Kier molecular flexibility index (Phi) is 5.60. The fraction of sp³-hybridized carbons (Fsp3) is 0.650. The Morgan fingerprint density at radius 1 is 1.00 bits per heavy atom. The third-order valence-corrected chi connectivity index (χ3v) is 5.94. The molecule has 1 saturated heterocycles. The molecule has 6 heteroatoms. The number of nitrogens with one attached hydrogen (secondary N) is 3. The molecule has 142 valence electrons. The van der Waals surface area contributed by atoms with Crippen molar-refractivity contribution < 1.29 is 24.1 Å². The first-order valence-electron chi connectivity index (χ1n) is 10.1. The second-order valence-electron chi connectivity index (χ2n) is 7.94. The Morgan fingerprint density at radius 3 is 2.54 bits per heavy atom. The fourth-order valence-electron chi connectivity index (χ4n) is 4.40. The van der Waals surface area contributed by atoms with Gasteiger partial charge in [0.15, 0.2) is 18.0 Å². The lowest BCUT2D eigenvalue weighted by atomic mass is 9.95. The molecule has 3 N–H and O–H groups in total. The van der Waals surface area contributed by atoms with Crippen LogP contribution in [0.3, 0.4) is 0 Å². The first kappa shape index (κ1) is 17.6. The summed E-state index contributed by atoms with van der Waals surface area (Å²) in [7, 11) is 0. The van der Waals surface area contributed by atoms with Gasteiger partial charge in [-0.1, -0.05) is 19.3 Å². The zero-order valence-electron chi connectivity index (χ0n) is 15.5. The van der Waals surface area contributed by atoms with Gasteiger partial charge in [0.05, 0.1) is 0 Å². The van der Waals surface area contributed by atoms with Crippen LogP contribution in [-0.2, 0) is 11.3 Å². The van der Waals surface area contributed by atoms with E-state index >= 15 is 0 Å². The normalized spacial score (nSPS) is 25.8. The molecule has 2 aliphatic heterocycles. The lowest BCUT2D eigenvalue weighted by Gasteiger charge is -2.30. The second kappa shape index (κ2) is 8.27. The molecule has 0 atom stereocenters. The lowest BCUT2D eigenvalue weighted by molar-refractivity contribution is -1.02. The van der Waals surface area contributed by atoms with Gasteiger partial charge in [-0.3, -0.25) is 4.79 Å². The summed E-state index contributed by atoms with van der Waals surface area (Å²) in [5.41, 5.74) is 1.29. The van der Waals surface area contributed by atoms with Crippen molar-refractivity contribution in [1.29, 1.82) is 0 Å². The summed E-state index contributed by atoms with van der Waals surface area (Å²) >= 11 is 0. The molecule has 0 unspecified atom stereocenters. The van der Waals surface area contributed by atoms with E-state index in [1.165, 1.54) is 29.7 Å². The SMILES string of the molecule is O=C(C[NH+]1CC[NH+](Cc2ccc3c(c2)OCO3)CC1)NC1CCCCC1. The van der Waals surface area contributed by atoms with Gasteiger partial charge in [-0.25, -0.2) is 0 Å². The van der Waals surface area contributed by atoms with Crippen molar-refractivity contribution in [2.45, 2.75) is 44.7 Å². The summed E-state index contributed by atoms with van der Waals surface area (Å²) in [6.45, 7) is 6.33. The first-order valence-corrected chi connectivity index (χ1v) is 10.1. The smallest absolute Gasteiger partial charge is 0.275 e. The largest absolute Gasteiger partial charge is 0.454 e. The first-order chi connectivity index (χ1) is 12.8. The Bertz CT molecular complexity index is 623. The molecule has 1 aromatic carbocycles. The number of rotatable bonds is 5. The van der Waals surface area contributed by atoms with Gasteiger partial charge in [-0.05, 0) is 31.0 Å². The van der Waals surface area contributed by atoms with Gasteiger partial charge in [0.25, 0.3) is 5.91 Å².